The lowest BCUT2D eigenvalue weighted by Gasteiger charge is -2.29. The topological polar surface area (TPSA) is 73.6 Å². The van der Waals surface area contributed by atoms with Gasteiger partial charge in [-0.1, -0.05) is 12.1 Å². The summed E-state index contributed by atoms with van der Waals surface area (Å²) in [5.41, 5.74) is 2.20. The molecule has 2 aromatic carbocycles. The van der Waals surface area contributed by atoms with E-state index >= 15 is 0 Å². The van der Waals surface area contributed by atoms with Crippen LogP contribution in [0.1, 0.15) is 34.5 Å². The van der Waals surface area contributed by atoms with Gasteiger partial charge >= 0.3 is 0 Å². The Bertz CT molecular complexity index is 962. The van der Waals surface area contributed by atoms with Gasteiger partial charge < -0.3 is 14.5 Å². The molecule has 0 spiro atoms. The Labute approximate surface area is 170 Å². The van der Waals surface area contributed by atoms with Gasteiger partial charge in [-0.25, -0.2) is 0 Å². The third-order valence-corrected chi connectivity index (χ3v) is 6.07. The molecule has 0 aliphatic carbocycles. The lowest BCUT2D eigenvalue weighted by atomic mass is 9.89. The van der Waals surface area contributed by atoms with Crippen LogP contribution in [0.25, 0.3) is 0 Å². The first-order chi connectivity index (χ1) is 14.0. The average molecular weight is 389 g/mol. The molecular weight excluding hydrogens is 366 g/mol. The smallest absolute Gasteiger partial charge is 0.253 e. The zero-order valence-corrected chi connectivity index (χ0v) is 16.5. The van der Waals surface area contributed by atoms with Crippen LogP contribution in [0.3, 0.4) is 0 Å². The second kappa shape index (κ2) is 7.59. The van der Waals surface area contributed by atoms with Gasteiger partial charge in [0.1, 0.15) is 5.75 Å². The van der Waals surface area contributed by atoms with Crippen LogP contribution in [0.15, 0.2) is 48.5 Å². The van der Waals surface area contributed by atoms with E-state index in [1.54, 1.807) is 38.3 Å². The molecule has 0 bridgehead atoms. The molecule has 3 atom stereocenters. The number of rotatable bonds is 3. The number of fused-ring (bicyclic) bond motifs is 1. The van der Waals surface area contributed by atoms with Crippen LogP contribution in [-0.2, 0) is 4.79 Å². The third kappa shape index (κ3) is 3.44. The van der Waals surface area contributed by atoms with Crippen molar-refractivity contribution < 1.29 is 14.3 Å². The molecule has 0 radical (unpaired) electrons. The Kier molecular flexibility index (Phi) is 4.98. The minimum Gasteiger partial charge on any atom is -0.497 e. The lowest BCUT2D eigenvalue weighted by molar-refractivity contribution is -0.130. The van der Waals surface area contributed by atoms with Gasteiger partial charge in [-0.15, -0.1) is 0 Å². The molecule has 148 valence electrons. The fourth-order valence-corrected chi connectivity index (χ4v) is 4.63. The van der Waals surface area contributed by atoms with Crippen molar-refractivity contribution in [1.82, 2.24) is 9.80 Å². The highest BCUT2D eigenvalue weighted by Crippen LogP contribution is 2.45. The van der Waals surface area contributed by atoms with Crippen LogP contribution >= 0.6 is 0 Å². The van der Waals surface area contributed by atoms with Gasteiger partial charge in [0.25, 0.3) is 5.91 Å². The second-order valence-corrected chi connectivity index (χ2v) is 7.71. The van der Waals surface area contributed by atoms with E-state index in [1.807, 2.05) is 34.1 Å². The Morgan fingerprint density at radius 3 is 2.31 bits per heavy atom. The molecule has 0 N–H and O–H groups in total. The van der Waals surface area contributed by atoms with Crippen molar-refractivity contribution >= 4 is 11.8 Å². The van der Waals surface area contributed by atoms with Gasteiger partial charge in [0.2, 0.25) is 5.91 Å². The third-order valence-electron chi connectivity index (χ3n) is 6.07. The quantitative estimate of drug-likeness (QED) is 0.809. The monoisotopic (exact) mass is 389 g/mol. The fourth-order valence-electron chi connectivity index (χ4n) is 4.63. The van der Waals surface area contributed by atoms with Gasteiger partial charge in [0.05, 0.1) is 24.8 Å². The maximum absolute atomic E-state index is 13.0. The molecule has 0 aromatic heterocycles. The average Bonchev–Trinajstić information content (AvgIpc) is 3.31. The van der Waals surface area contributed by atoms with E-state index in [2.05, 4.69) is 6.07 Å². The molecule has 2 aromatic rings. The fraction of sp³-hybridized carbons (Fsp3) is 0.348. The Morgan fingerprint density at radius 1 is 1.03 bits per heavy atom. The second-order valence-electron chi connectivity index (χ2n) is 7.71. The summed E-state index contributed by atoms with van der Waals surface area (Å²) in [5, 5.41) is 8.94. The number of hydrogen-bond acceptors (Lipinski definition) is 4. The summed E-state index contributed by atoms with van der Waals surface area (Å²) in [4.78, 5) is 29.1. The largest absolute Gasteiger partial charge is 0.497 e. The molecule has 2 aliphatic heterocycles. The molecule has 29 heavy (non-hydrogen) atoms. The molecule has 0 unspecified atom stereocenters. The number of likely N-dealkylation sites (tertiary alicyclic amines) is 2. The zero-order valence-electron chi connectivity index (χ0n) is 16.5. The number of methoxy groups -OCH3 is 1. The van der Waals surface area contributed by atoms with Crippen molar-refractivity contribution in [1.29, 1.82) is 5.26 Å². The number of nitrogens with zero attached hydrogens (tertiary/aromatic N) is 3. The van der Waals surface area contributed by atoms with Crippen LogP contribution in [0, 0.1) is 23.2 Å². The standard InChI is InChI=1S/C23H23N3O3/c1-15(27)26-13-19-12-25(23(28)18-5-3-16(11-24)4-6-18)14-21(19)22(26)17-7-9-20(29-2)10-8-17/h3-10,19,21-22H,12-14H2,1-2H3/t19-,21-,22+/m1/s1. The van der Waals surface area contributed by atoms with E-state index in [4.69, 9.17) is 10.00 Å². The molecule has 6 heteroatoms. The van der Waals surface area contributed by atoms with Gasteiger partial charge in [-0.2, -0.15) is 5.26 Å². The molecule has 2 amide bonds. The molecule has 6 nitrogen and oxygen atoms in total. The zero-order chi connectivity index (χ0) is 20.5. The van der Waals surface area contributed by atoms with E-state index in [0.29, 0.717) is 30.8 Å². The summed E-state index contributed by atoms with van der Waals surface area (Å²) in [6.07, 6.45) is 0. The number of nitriles is 1. The summed E-state index contributed by atoms with van der Waals surface area (Å²) in [5.74, 6) is 1.28. The maximum Gasteiger partial charge on any atom is 0.253 e. The number of benzene rings is 2. The number of ether oxygens (including phenoxy) is 1. The van der Waals surface area contributed by atoms with Crippen LogP contribution in [0.5, 0.6) is 5.75 Å². The summed E-state index contributed by atoms with van der Waals surface area (Å²) in [6, 6.07) is 16.6. The van der Waals surface area contributed by atoms with Crippen molar-refractivity contribution in [2.24, 2.45) is 11.8 Å². The van der Waals surface area contributed by atoms with Crippen molar-refractivity contribution in [3.8, 4) is 11.8 Å². The van der Waals surface area contributed by atoms with Crippen molar-refractivity contribution in [2.45, 2.75) is 13.0 Å². The SMILES string of the molecule is COc1ccc([C@H]2[C@@H]3CN(C(=O)c4ccc(C#N)cc4)C[C@@H]3CN2C(C)=O)cc1. The predicted octanol–water partition coefficient (Wildman–Crippen LogP) is 2.86. The number of hydrogen-bond donors (Lipinski definition) is 0. The molecule has 2 aliphatic rings. The number of carbonyl (C=O) groups excluding carboxylic acids is 2. The molecule has 4 rings (SSSR count). The highest BCUT2D eigenvalue weighted by Gasteiger charge is 2.49. The minimum absolute atomic E-state index is 0.0215. The summed E-state index contributed by atoms with van der Waals surface area (Å²) >= 11 is 0. The first-order valence-electron chi connectivity index (χ1n) is 9.72. The lowest BCUT2D eigenvalue weighted by Crippen LogP contribution is -2.36. The first kappa shape index (κ1) is 19.0. The molecule has 0 saturated carbocycles. The summed E-state index contributed by atoms with van der Waals surface area (Å²) in [7, 11) is 1.63. The highest BCUT2D eigenvalue weighted by molar-refractivity contribution is 5.94. The van der Waals surface area contributed by atoms with E-state index in [-0.39, 0.29) is 29.7 Å². The Balaban J connectivity index is 1.56. The first-order valence-corrected chi connectivity index (χ1v) is 9.72. The normalized spacial score (nSPS) is 22.9. The van der Waals surface area contributed by atoms with E-state index < -0.39 is 0 Å². The van der Waals surface area contributed by atoms with Crippen LogP contribution in [0.4, 0.5) is 0 Å². The maximum atomic E-state index is 13.0. The van der Waals surface area contributed by atoms with Gasteiger partial charge in [0.15, 0.2) is 0 Å². The van der Waals surface area contributed by atoms with Crippen LogP contribution < -0.4 is 4.74 Å². The predicted molar refractivity (Wildman–Crippen MR) is 107 cm³/mol. The Hall–Kier alpha value is -3.33. The van der Waals surface area contributed by atoms with Gasteiger partial charge in [0, 0.05) is 44.0 Å². The van der Waals surface area contributed by atoms with Gasteiger partial charge in [-0.3, -0.25) is 9.59 Å². The molecule has 2 saturated heterocycles. The minimum atomic E-state index is -0.0397. The van der Waals surface area contributed by atoms with E-state index in [0.717, 1.165) is 11.3 Å². The number of carbonyl (C=O) groups is 2. The van der Waals surface area contributed by atoms with Crippen molar-refractivity contribution in [3.63, 3.8) is 0 Å². The highest BCUT2D eigenvalue weighted by atomic mass is 16.5. The molecule has 2 heterocycles. The van der Waals surface area contributed by atoms with E-state index in [9.17, 15) is 9.59 Å². The summed E-state index contributed by atoms with van der Waals surface area (Å²) < 4.78 is 5.25. The number of amides is 2. The Morgan fingerprint density at radius 2 is 1.72 bits per heavy atom. The van der Waals surface area contributed by atoms with Crippen LogP contribution in [0.2, 0.25) is 0 Å². The van der Waals surface area contributed by atoms with Crippen molar-refractivity contribution in [3.05, 3.63) is 65.2 Å². The van der Waals surface area contributed by atoms with E-state index in [1.165, 1.54) is 0 Å². The van der Waals surface area contributed by atoms with Gasteiger partial charge in [-0.05, 0) is 42.0 Å². The summed E-state index contributed by atoms with van der Waals surface area (Å²) in [6.45, 7) is 3.52. The van der Waals surface area contributed by atoms with Crippen molar-refractivity contribution in [2.75, 3.05) is 26.7 Å². The molecule has 2 fully saturated rings. The van der Waals surface area contributed by atoms with Crippen LogP contribution in [-0.4, -0.2) is 48.4 Å². The molecular formula is C23H23N3O3.